The van der Waals surface area contributed by atoms with Crippen LogP contribution in [0.5, 0.6) is 0 Å². The first-order valence-electron chi connectivity index (χ1n) is 9.18. The van der Waals surface area contributed by atoms with Gasteiger partial charge in [0.25, 0.3) is 5.91 Å². The maximum Gasteiger partial charge on any atom is 0.267 e. The lowest BCUT2D eigenvalue weighted by atomic mass is 10.1. The highest BCUT2D eigenvalue weighted by molar-refractivity contribution is 6.40. The summed E-state index contributed by atoms with van der Waals surface area (Å²) in [6.45, 7) is 0.432. The number of carbonyl (C=O) groups excluding carboxylic acids is 2. The molecule has 7 nitrogen and oxygen atoms in total. The molecule has 0 bridgehead atoms. The zero-order valence-corrected chi connectivity index (χ0v) is 16.1. The highest BCUT2D eigenvalue weighted by Crippen LogP contribution is 2.24. The van der Waals surface area contributed by atoms with Crippen molar-refractivity contribution in [3.05, 3.63) is 66.2 Å². The van der Waals surface area contributed by atoms with Gasteiger partial charge in [-0.2, -0.15) is 5.10 Å². The third-order valence-corrected chi connectivity index (χ3v) is 4.79. The highest BCUT2D eigenvalue weighted by atomic mass is 16.2. The van der Waals surface area contributed by atoms with Gasteiger partial charge < -0.3 is 16.0 Å². The lowest BCUT2D eigenvalue weighted by molar-refractivity contribution is -0.119. The summed E-state index contributed by atoms with van der Waals surface area (Å²) in [6, 6.07) is 18.6. The van der Waals surface area contributed by atoms with Gasteiger partial charge in [0.15, 0.2) is 0 Å². The predicted octanol–water partition coefficient (Wildman–Crippen LogP) is 1.53. The number of likely N-dealkylation sites (N-methyl/N-ethyl adjacent to an activating group) is 1. The largest absolute Gasteiger partial charge is 0.368 e. The van der Waals surface area contributed by atoms with E-state index in [-0.39, 0.29) is 18.4 Å². The number of hydrogen-bond donors (Lipinski definition) is 2. The Morgan fingerprint density at radius 2 is 1.75 bits per heavy atom. The first kappa shape index (κ1) is 19.6. The summed E-state index contributed by atoms with van der Waals surface area (Å²) >= 11 is 0. The standard InChI is InChI=1S/C21H25N5O2/c1-25(2)19(15-9-5-3-6-10-15)14-23-21(28)17-13-18(20(22)27)26(24-17)16-11-7-4-8-12-16/h3-12,18-19H,13-14H2,1-2H3,(H2,22,27)(H,23,28). The topological polar surface area (TPSA) is 91.0 Å². The number of benzene rings is 2. The van der Waals surface area contributed by atoms with Crippen molar-refractivity contribution in [1.29, 1.82) is 0 Å². The Bertz CT molecular complexity index is 852. The minimum Gasteiger partial charge on any atom is -0.368 e. The Balaban J connectivity index is 1.72. The molecular weight excluding hydrogens is 354 g/mol. The van der Waals surface area contributed by atoms with Crippen LogP contribution in [0.2, 0.25) is 0 Å². The van der Waals surface area contributed by atoms with Gasteiger partial charge >= 0.3 is 0 Å². The smallest absolute Gasteiger partial charge is 0.267 e. The Hall–Kier alpha value is -3.19. The Morgan fingerprint density at radius 3 is 2.32 bits per heavy atom. The van der Waals surface area contributed by atoms with Crippen LogP contribution in [0, 0.1) is 0 Å². The number of anilines is 1. The van der Waals surface area contributed by atoms with Gasteiger partial charge in [0, 0.05) is 13.0 Å². The van der Waals surface area contributed by atoms with Crippen LogP contribution in [0.15, 0.2) is 65.8 Å². The summed E-state index contributed by atoms with van der Waals surface area (Å²) in [5, 5.41) is 8.85. The molecule has 1 aliphatic rings. The molecule has 3 rings (SSSR count). The molecule has 0 saturated carbocycles. The number of nitrogens with one attached hydrogen (secondary N) is 1. The fraction of sp³-hybridized carbons (Fsp3) is 0.286. The van der Waals surface area contributed by atoms with Gasteiger partial charge in [-0.25, -0.2) is 0 Å². The van der Waals surface area contributed by atoms with E-state index in [1.54, 1.807) is 0 Å². The van der Waals surface area contributed by atoms with E-state index >= 15 is 0 Å². The normalized spacial score (nSPS) is 17.3. The van der Waals surface area contributed by atoms with Gasteiger partial charge in [-0.1, -0.05) is 48.5 Å². The Morgan fingerprint density at radius 1 is 1.14 bits per heavy atom. The van der Waals surface area contributed by atoms with Gasteiger partial charge in [0.1, 0.15) is 11.8 Å². The monoisotopic (exact) mass is 379 g/mol. The zero-order valence-electron chi connectivity index (χ0n) is 16.1. The van der Waals surface area contributed by atoms with Crippen LogP contribution in [0.4, 0.5) is 5.69 Å². The van der Waals surface area contributed by atoms with E-state index in [0.717, 1.165) is 11.3 Å². The van der Waals surface area contributed by atoms with Gasteiger partial charge in [-0.05, 0) is 31.8 Å². The molecule has 1 aliphatic heterocycles. The molecule has 2 unspecified atom stereocenters. The number of nitrogens with two attached hydrogens (primary N) is 1. The van der Waals surface area contributed by atoms with E-state index in [9.17, 15) is 9.59 Å². The molecular formula is C21H25N5O2. The molecule has 0 spiro atoms. The average molecular weight is 379 g/mol. The van der Waals surface area contributed by atoms with Gasteiger partial charge in [0.05, 0.1) is 11.7 Å². The van der Waals surface area contributed by atoms with E-state index < -0.39 is 11.9 Å². The molecule has 3 N–H and O–H groups in total. The maximum atomic E-state index is 12.7. The van der Waals surface area contributed by atoms with Crippen LogP contribution in [0.25, 0.3) is 0 Å². The third kappa shape index (κ3) is 4.37. The highest BCUT2D eigenvalue weighted by Gasteiger charge is 2.35. The quantitative estimate of drug-likeness (QED) is 0.763. The van der Waals surface area contributed by atoms with Crippen LogP contribution < -0.4 is 16.1 Å². The minimum absolute atomic E-state index is 0.0318. The van der Waals surface area contributed by atoms with Gasteiger partial charge in [-0.3, -0.25) is 14.6 Å². The fourth-order valence-corrected chi connectivity index (χ4v) is 3.25. The lowest BCUT2D eigenvalue weighted by Crippen LogP contribution is -2.40. The van der Waals surface area contributed by atoms with E-state index in [2.05, 4.69) is 15.3 Å². The Labute approximate surface area is 164 Å². The molecule has 0 aliphatic carbocycles. The minimum atomic E-state index is -0.665. The van der Waals surface area contributed by atoms with E-state index in [1.807, 2.05) is 74.8 Å². The van der Waals surface area contributed by atoms with E-state index in [0.29, 0.717) is 12.3 Å². The van der Waals surface area contributed by atoms with Crippen molar-refractivity contribution >= 4 is 23.2 Å². The number of hydrogen-bond acceptors (Lipinski definition) is 5. The summed E-state index contributed by atoms with van der Waals surface area (Å²) in [5.74, 6) is -0.793. The molecule has 0 fully saturated rings. The number of carbonyl (C=O) groups is 2. The van der Waals surface area contributed by atoms with E-state index in [4.69, 9.17) is 5.73 Å². The first-order valence-corrected chi connectivity index (χ1v) is 9.18. The van der Waals surface area contributed by atoms with Crippen molar-refractivity contribution in [2.24, 2.45) is 10.8 Å². The van der Waals surface area contributed by atoms with Crippen LogP contribution in [-0.2, 0) is 9.59 Å². The number of primary amides is 1. The molecule has 28 heavy (non-hydrogen) atoms. The first-order chi connectivity index (χ1) is 13.5. The summed E-state index contributed by atoms with van der Waals surface area (Å²) in [6.07, 6.45) is 0.189. The molecule has 7 heteroatoms. The molecule has 0 aromatic heterocycles. The van der Waals surface area contributed by atoms with Crippen molar-refractivity contribution < 1.29 is 9.59 Å². The molecule has 2 aromatic rings. The molecule has 146 valence electrons. The number of nitrogens with zero attached hydrogens (tertiary/aromatic N) is 3. The maximum absolute atomic E-state index is 12.7. The number of hydrazone groups is 1. The summed E-state index contributed by atoms with van der Waals surface area (Å²) in [7, 11) is 3.94. The number of amides is 2. The van der Waals surface area contributed by atoms with Crippen molar-refractivity contribution in [2.75, 3.05) is 25.6 Å². The van der Waals surface area contributed by atoms with Crippen molar-refractivity contribution in [2.45, 2.75) is 18.5 Å². The second-order valence-corrected chi connectivity index (χ2v) is 6.95. The van der Waals surface area contributed by atoms with Crippen molar-refractivity contribution in [3.63, 3.8) is 0 Å². The number of rotatable bonds is 7. The van der Waals surface area contributed by atoms with Crippen LogP contribution in [-0.4, -0.2) is 49.1 Å². The van der Waals surface area contributed by atoms with E-state index in [1.165, 1.54) is 5.01 Å². The summed E-state index contributed by atoms with van der Waals surface area (Å²) in [5.41, 5.74) is 7.68. The van der Waals surface area contributed by atoms with Gasteiger partial charge in [-0.15, -0.1) is 0 Å². The molecule has 1 heterocycles. The molecule has 2 aromatic carbocycles. The molecule has 2 amide bonds. The zero-order chi connectivity index (χ0) is 20.1. The van der Waals surface area contributed by atoms with Gasteiger partial charge in [0.2, 0.25) is 5.91 Å². The average Bonchev–Trinajstić information content (AvgIpc) is 3.15. The molecule has 0 saturated heterocycles. The summed E-state index contributed by atoms with van der Waals surface area (Å²) in [4.78, 5) is 26.6. The fourth-order valence-electron chi connectivity index (χ4n) is 3.25. The number of para-hydroxylation sites is 1. The second-order valence-electron chi connectivity index (χ2n) is 6.95. The second kappa shape index (κ2) is 8.67. The van der Waals surface area contributed by atoms with Crippen LogP contribution in [0.3, 0.4) is 0 Å². The molecule has 2 atom stereocenters. The van der Waals surface area contributed by atoms with Crippen LogP contribution >= 0.6 is 0 Å². The third-order valence-electron chi connectivity index (χ3n) is 4.79. The summed E-state index contributed by atoms with van der Waals surface area (Å²) < 4.78 is 0. The van der Waals surface area contributed by atoms with Crippen molar-refractivity contribution in [1.82, 2.24) is 10.2 Å². The molecule has 0 radical (unpaired) electrons. The van der Waals surface area contributed by atoms with Crippen molar-refractivity contribution in [3.8, 4) is 0 Å². The predicted molar refractivity (Wildman–Crippen MR) is 110 cm³/mol. The SMILES string of the molecule is CN(C)C(CNC(=O)C1=NN(c2ccccc2)C(C(N)=O)C1)c1ccccc1. The lowest BCUT2D eigenvalue weighted by Gasteiger charge is -2.25. The Kier molecular flexibility index (Phi) is 6.06. The van der Waals surface area contributed by atoms with Crippen LogP contribution in [0.1, 0.15) is 18.0 Å².